The Labute approximate surface area is 200 Å². The average Bonchev–Trinajstić information content (AvgIpc) is 3.13. The maximum Gasteiger partial charge on any atom is 0.407 e. The van der Waals surface area contributed by atoms with Gasteiger partial charge in [-0.2, -0.15) is 0 Å². The molecule has 0 radical (unpaired) electrons. The van der Waals surface area contributed by atoms with Crippen molar-refractivity contribution in [2.24, 2.45) is 5.92 Å². The van der Waals surface area contributed by atoms with Crippen molar-refractivity contribution in [1.29, 1.82) is 0 Å². The van der Waals surface area contributed by atoms with Crippen LogP contribution in [0.1, 0.15) is 30.4 Å². The lowest BCUT2D eigenvalue weighted by Gasteiger charge is -2.26. The van der Waals surface area contributed by atoms with Gasteiger partial charge in [-0.05, 0) is 49.3 Å². The van der Waals surface area contributed by atoms with Crippen molar-refractivity contribution in [2.75, 3.05) is 40.8 Å². The lowest BCUT2D eigenvalue weighted by molar-refractivity contribution is -0.143. The predicted molar refractivity (Wildman–Crippen MR) is 130 cm³/mol. The molecule has 0 aliphatic heterocycles. The average molecular weight is 468 g/mol. The Balaban J connectivity index is 1.66. The number of likely N-dealkylation sites (N-methyl/N-ethyl adjacent to an activating group) is 1. The van der Waals surface area contributed by atoms with E-state index in [0.717, 1.165) is 22.3 Å². The molecule has 3 rings (SSSR count). The van der Waals surface area contributed by atoms with Crippen LogP contribution in [-0.4, -0.2) is 79.8 Å². The number of nitrogens with one attached hydrogen (secondary N) is 1. The lowest BCUT2D eigenvalue weighted by Crippen LogP contribution is -2.50. The van der Waals surface area contributed by atoms with Gasteiger partial charge in [-0.15, -0.1) is 0 Å². The molecule has 0 saturated carbocycles. The normalized spacial score (nSPS) is 14.1. The van der Waals surface area contributed by atoms with Gasteiger partial charge in [0.25, 0.3) is 0 Å². The SMILES string of the molecule is CC(CN(C)C(=O)C(CCN(C)C)NC(=O)OCC1c2ccccc2-c2ccccc21)C(=O)O. The van der Waals surface area contributed by atoms with E-state index in [-0.39, 0.29) is 25.0 Å². The number of carboxylic acid groups (broad SMARTS) is 1. The largest absolute Gasteiger partial charge is 0.481 e. The zero-order chi connectivity index (χ0) is 24.8. The predicted octanol–water partition coefficient (Wildman–Crippen LogP) is 3.02. The van der Waals surface area contributed by atoms with E-state index in [2.05, 4.69) is 17.4 Å². The first kappa shape index (κ1) is 25.2. The van der Waals surface area contributed by atoms with Gasteiger partial charge >= 0.3 is 12.1 Å². The summed E-state index contributed by atoms with van der Waals surface area (Å²) < 4.78 is 5.60. The van der Waals surface area contributed by atoms with Crippen molar-refractivity contribution in [3.8, 4) is 11.1 Å². The van der Waals surface area contributed by atoms with E-state index in [9.17, 15) is 14.4 Å². The number of hydrogen-bond donors (Lipinski definition) is 2. The van der Waals surface area contributed by atoms with Crippen LogP contribution in [0.4, 0.5) is 4.79 Å². The van der Waals surface area contributed by atoms with Gasteiger partial charge in [0, 0.05) is 19.5 Å². The van der Waals surface area contributed by atoms with E-state index in [1.54, 1.807) is 14.0 Å². The second-order valence-corrected chi connectivity index (χ2v) is 9.07. The van der Waals surface area contributed by atoms with E-state index < -0.39 is 24.0 Å². The van der Waals surface area contributed by atoms with E-state index in [1.165, 1.54) is 4.90 Å². The lowest BCUT2D eigenvalue weighted by atomic mass is 9.98. The topological polar surface area (TPSA) is 99.2 Å². The van der Waals surface area contributed by atoms with Gasteiger partial charge in [-0.3, -0.25) is 9.59 Å². The number of ether oxygens (including phenoxy) is 1. The summed E-state index contributed by atoms with van der Waals surface area (Å²) in [5, 5.41) is 11.9. The molecule has 8 heteroatoms. The maximum atomic E-state index is 13.0. The number of aliphatic carboxylic acids is 1. The van der Waals surface area contributed by atoms with E-state index in [0.29, 0.717) is 13.0 Å². The maximum absolute atomic E-state index is 13.0. The van der Waals surface area contributed by atoms with Crippen molar-refractivity contribution in [1.82, 2.24) is 15.1 Å². The summed E-state index contributed by atoms with van der Waals surface area (Å²) in [6.45, 7) is 2.32. The molecule has 1 aliphatic carbocycles. The van der Waals surface area contributed by atoms with Crippen LogP contribution in [0, 0.1) is 5.92 Å². The number of nitrogens with zero attached hydrogens (tertiary/aromatic N) is 2. The third kappa shape index (κ3) is 5.94. The Kier molecular flexibility index (Phi) is 8.28. The highest BCUT2D eigenvalue weighted by Gasteiger charge is 2.30. The number of rotatable bonds is 10. The fraction of sp³-hybridized carbons (Fsp3) is 0.423. The Morgan fingerprint density at radius 1 is 1.00 bits per heavy atom. The first-order chi connectivity index (χ1) is 16.2. The Morgan fingerprint density at radius 3 is 2.09 bits per heavy atom. The van der Waals surface area contributed by atoms with Gasteiger partial charge in [-0.25, -0.2) is 4.79 Å². The van der Waals surface area contributed by atoms with Gasteiger partial charge in [0.15, 0.2) is 0 Å². The molecule has 2 unspecified atom stereocenters. The molecular weight excluding hydrogens is 434 g/mol. The first-order valence-electron chi connectivity index (χ1n) is 11.4. The van der Waals surface area contributed by atoms with Crippen LogP contribution in [-0.2, 0) is 14.3 Å². The Bertz CT molecular complexity index is 993. The van der Waals surface area contributed by atoms with Crippen molar-refractivity contribution in [3.05, 3.63) is 59.7 Å². The molecule has 0 spiro atoms. The summed E-state index contributed by atoms with van der Waals surface area (Å²) >= 11 is 0. The molecule has 8 nitrogen and oxygen atoms in total. The summed E-state index contributed by atoms with van der Waals surface area (Å²) in [5.41, 5.74) is 4.50. The quantitative estimate of drug-likeness (QED) is 0.557. The fourth-order valence-electron chi connectivity index (χ4n) is 4.27. The molecule has 0 bridgehead atoms. The van der Waals surface area contributed by atoms with Crippen molar-refractivity contribution in [2.45, 2.75) is 25.3 Å². The summed E-state index contributed by atoms with van der Waals surface area (Å²) in [5.74, 6) is -2.11. The van der Waals surface area contributed by atoms with Crippen molar-refractivity contribution >= 4 is 18.0 Å². The molecule has 0 fully saturated rings. The molecule has 2 N–H and O–H groups in total. The van der Waals surface area contributed by atoms with Crippen molar-refractivity contribution in [3.63, 3.8) is 0 Å². The van der Waals surface area contributed by atoms with Crippen LogP contribution in [0.25, 0.3) is 11.1 Å². The van der Waals surface area contributed by atoms with Gasteiger partial charge in [0.1, 0.15) is 12.6 Å². The summed E-state index contributed by atoms with van der Waals surface area (Å²) in [7, 11) is 5.31. The third-order valence-corrected chi connectivity index (χ3v) is 6.14. The smallest absolute Gasteiger partial charge is 0.407 e. The molecule has 0 heterocycles. The highest BCUT2D eigenvalue weighted by molar-refractivity contribution is 5.86. The Hall–Kier alpha value is -3.39. The summed E-state index contributed by atoms with van der Waals surface area (Å²) in [6, 6.07) is 15.3. The van der Waals surface area contributed by atoms with Gasteiger partial charge in [0.05, 0.1) is 5.92 Å². The monoisotopic (exact) mass is 467 g/mol. The number of alkyl carbamates (subject to hydrolysis) is 1. The van der Waals surface area contributed by atoms with Crippen LogP contribution < -0.4 is 5.32 Å². The molecule has 2 atom stereocenters. The number of carbonyl (C=O) groups excluding carboxylic acids is 2. The van der Waals surface area contributed by atoms with E-state index >= 15 is 0 Å². The second-order valence-electron chi connectivity index (χ2n) is 9.07. The zero-order valence-electron chi connectivity index (χ0n) is 20.2. The fourth-order valence-corrected chi connectivity index (χ4v) is 4.27. The zero-order valence-corrected chi connectivity index (χ0v) is 20.2. The second kappa shape index (κ2) is 11.2. The third-order valence-electron chi connectivity index (χ3n) is 6.14. The molecule has 1 aliphatic rings. The van der Waals surface area contributed by atoms with Crippen LogP contribution in [0.3, 0.4) is 0 Å². The molecule has 2 amide bonds. The van der Waals surface area contributed by atoms with Gasteiger partial charge in [0.2, 0.25) is 5.91 Å². The molecular formula is C26H33N3O5. The van der Waals surface area contributed by atoms with E-state index in [1.807, 2.05) is 55.4 Å². The molecule has 34 heavy (non-hydrogen) atoms. The summed E-state index contributed by atoms with van der Waals surface area (Å²) in [6.07, 6.45) is -0.291. The number of carbonyl (C=O) groups is 3. The molecule has 2 aromatic carbocycles. The van der Waals surface area contributed by atoms with Crippen LogP contribution in [0.2, 0.25) is 0 Å². The first-order valence-corrected chi connectivity index (χ1v) is 11.4. The Morgan fingerprint density at radius 2 is 1.56 bits per heavy atom. The highest BCUT2D eigenvalue weighted by Crippen LogP contribution is 2.44. The number of amides is 2. The molecule has 0 aromatic heterocycles. The molecule has 182 valence electrons. The number of benzene rings is 2. The van der Waals surface area contributed by atoms with Crippen LogP contribution in [0.15, 0.2) is 48.5 Å². The molecule has 0 saturated heterocycles. The van der Waals surface area contributed by atoms with Crippen molar-refractivity contribution < 1.29 is 24.2 Å². The van der Waals surface area contributed by atoms with Gasteiger partial charge < -0.3 is 25.0 Å². The molecule has 2 aromatic rings. The highest BCUT2D eigenvalue weighted by atomic mass is 16.5. The minimum Gasteiger partial charge on any atom is -0.481 e. The van der Waals surface area contributed by atoms with E-state index in [4.69, 9.17) is 9.84 Å². The van der Waals surface area contributed by atoms with Gasteiger partial charge in [-0.1, -0.05) is 55.5 Å². The minimum absolute atomic E-state index is 0.0546. The number of carboxylic acids is 1. The minimum atomic E-state index is -0.978. The number of fused-ring (bicyclic) bond motifs is 3. The van der Waals surface area contributed by atoms with Crippen LogP contribution in [0.5, 0.6) is 0 Å². The summed E-state index contributed by atoms with van der Waals surface area (Å²) in [4.78, 5) is 40.1. The number of hydrogen-bond acceptors (Lipinski definition) is 5. The van der Waals surface area contributed by atoms with Crippen LogP contribution >= 0.6 is 0 Å². The standard InChI is InChI=1S/C26H33N3O5/c1-17(25(31)32)15-29(4)24(30)23(13-14-28(2)3)27-26(33)34-16-22-20-11-7-5-9-18(20)19-10-6-8-12-21(19)22/h5-12,17,22-23H,13-16H2,1-4H3,(H,27,33)(H,31,32).